The number of ether oxygens (including phenoxy) is 8. The molecule has 0 fully saturated rings. The van der Waals surface area contributed by atoms with E-state index in [9.17, 15) is 38.4 Å². The first-order valence-corrected chi connectivity index (χ1v) is 32.4. The average Bonchev–Trinajstić information content (AvgIpc) is 1.29. The summed E-state index contributed by atoms with van der Waals surface area (Å²) >= 11 is 0. The smallest absolute Gasteiger partial charge is 0.407 e. The lowest BCUT2D eigenvalue weighted by Crippen LogP contribution is -2.44. The Morgan fingerprint density at radius 1 is 0.475 bits per heavy atom. The maximum Gasteiger partial charge on any atom is 0.407 e. The van der Waals surface area contributed by atoms with Gasteiger partial charge in [-0.25, -0.2) is 9.78 Å². The van der Waals surface area contributed by atoms with Crippen molar-refractivity contribution >= 4 is 47.9 Å². The summed E-state index contributed by atoms with van der Waals surface area (Å²) in [6.45, 7) is 34.0. The summed E-state index contributed by atoms with van der Waals surface area (Å²) < 4.78 is 40.6. The fourth-order valence-corrected chi connectivity index (χ4v) is 6.85. The zero-order chi connectivity index (χ0) is 76.7. The van der Waals surface area contributed by atoms with Crippen LogP contribution in [0.3, 0.4) is 0 Å². The number of aromatic amines is 1. The number of nitrogens with two attached hydrogens (primary N) is 6. The predicted octanol–water partition coefficient (Wildman–Crippen LogP) is 6.45. The van der Waals surface area contributed by atoms with Gasteiger partial charge in [0, 0.05) is 24.9 Å². The van der Waals surface area contributed by atoms with E-state index in [1.54, 1.807) is 120 Å². The molecule has 7 atom stereocenters. The van der Waals surface area contributed by atoms with Gasteiger partial charge in [0.05, 0.1) is 25.5 Å². The van der Waals surface area contributed by atoms with Crippen LogP contribution < -0.4 is 39.7 Å². The lowest BCUT2D eigenvalue weighted by molar-refractivity contribution is -0.160. The molecule has 17 N–H and O–H groups in total. The molecule has 1 amide bonds. The summed E-state index contributed by atoms with van der Waals surface area (Å²) in [6.07, 6.45) is 4.45. The number of nitrogens with one attached hydrogen (secondary N) is 2. The molecule has 1 heterocycles. The number of carbonyl (C=O) groups is 8. The van der Waals surface area contributed by atoms with Crippen LogP contribution >= 0.6 is 0 Å². The van der Waals surface area contributed by atoms with Crippen LogP contribution in [0.15, 0.2) is 97.5 Å². The normalized spacial score (nSPS) is 13.5. The van der Waals surface area contributed by atoms with Gasteiger partial charge in [0.15, 0.2) is 0 Å². The van der Waals surface area contributed by atoms with Gasteiger partial charge in [-0.05, 0) is 186 Å². The molecule has 28 nitrogen and oxygen atoms in total. The van der Waals surface area contributed by atoms with Crippen LogP contribution in [0.25, 0.3) is 0 Å². The first kappa shape index (κ1) is 93.0. The van der Waals surface area contributed by atoms with E-state index in [1.165, 1.54) is 6.92 Å². The molecule has 0 bridgehead atoms. The third kappa shape index (κ3) is 52.6. The third-order valence-electron chi connectivity index (χ3n) is 11.4. The second kappa shape index (κ2) is 45.6. The predicted molar refractivity (Wildman–Crippen MR) is 375 cm³/mol. The van der Waals surface area contributed by atoms with Gasteiger partial charge < -0.3 is 97.9 Å². The van der Waals surface area contributed by atoms with Crippen molar-refractivity contribution in [3.63, 3.8) is 0 Å². The van der Waals surface area contributed by atoms with Crippen LogP contribution in [0, 0.1) is 0 Å². The zero-order valence-electron chi connectivity index (χ0n) is 61.6. The number of hydrogen-bond acceptors (Lipinski definition) is 26. The molecular formula is C71H117N9O19. The number of H-pyrrole nitrogens is 1. The molecule has 3 aromatic carbocycles. The van der Waals surface area contributed by atoms with Crippen molar-refractivity contribution in [2.45, 2.75) is 259 Å². The van der Waals surface area contributed by atoms with Crippen molar-refractivity contribution in [1.29, 1.82) is 0 Å². The maximum absolute atomic E-state index is 11.7. The molecule has 0 saturated heterocycles. The molecule has 0 saturated carbocycles. The highest BCUT2D eigenvalue weighted by atomic mass is 16.6. The molecule has 0 radical (unpaired) electrons. The number of aromatic nitrogens is 2. The SMILES string of the molecule is CC(C)(C)OC(=O)[C@@H](N)CC(=O)OCc1ccccc1.CC(C)(C)OC(=O)[C@@H](N)CCCCNC(=O)OCc1ccccc1.CC(C)(C)OC(=O)[C@@H](N)CO.CC(C)(C)OC(=O)[C@@H](N)Cc1ccc(O)cc1.CC(C)(C)OC(=O)[C@@H](N)Cc1cnc[nH]1.C[C@@H](O)[C@H](N)C(=O)OC(C)(C)C. The molecular weight excluding hydrogens is 1280 g/mol. The molecule has 0 aliphatic carbocycles. The standard InChI is InChI=1S/C18H28N2O4.C15H21NO4.C13H19NO3.C10H17N3O2.C8H17NO3.C7H15NO3/c1-18(2,3)24-16(21)15(19)11-7-8-12-20-17(22)23-13-14-9-5-4-6-10-14;1-15(2,3)20-14(18)12(16)9-13(17)19-10-11-7-5-4-6-8-11;1-13(2,3)17-12(16)11(14)8-9-4-6-10(15)7-5-9;1-10(2,3)15-9(14)8(11)4-7-5-12-6-13-7;1-5(10)6(9)7(11)12-8(2,3)4;1-7(2,3)11-6(10)5(8)4-9/h4-6,9-10,15H,7-8,11-13,19H2,1-3H3,(H,20,22);4-8,12H,9-10,16H2,1-3H3;4-7,11,15H,8,14H2,1-3H3;5-6,8H,4,11H2,1-3H3,(H,12,13);5-6,10H,9H2,1-4H3;5,9H,4,8H2,1-3H3/t15-;12-;11-;8-;5-,6+;5-/m000010/s1. The molecule has 28 heteroatoms. The summed E-state index contributed by atoms with van der Waals surface area (Å²) in [5, 5.41) is 29.2. The van der Waals surface area contributed by atoms with Crippen LogP contribution in [0.2, 0.25) is 0 Å². The van der Waals surface area contributed by atoms with E-state index in [1.807, 2.05) is 102 Å². The van der Waals surface area contributed by atoms with Crippen molar-refractivity contribution < 1.29 is 91.6 Å². The van der Waals surface area contributed by atoms with E-state index >= 15 is 0 Å². The average molecular weight is 1400 g/mol. The fraction of sp³-hybridized carbons (Fsp3) is 0.592. The number of imidazole rings is 1. The second-order valence-electron chi connectivity index (χ2n) is 28.7. The summed E-state index contributed by atoms with van der Waals surface area (Å²) in [6, 6.07) is 20.5. The number of alkyl carbamates (subject to hydrolysis) is 1. The van der Waals surface area contributed by atoms with Gasteiger partial charge in [-0.2, -0.15) is 0 Å². The van der Waals surface area contributed by atoms with Gasteiger partial charge >= 0.3 is 47.9 Å². The molecule has 0 aliphatic rings. The van der Waals surface area contributed by atoms with Crippen molar-refractivity contribution in [1.82, 2.24) is 15.3 Å². The van der Waals surface area contributed by atoms with E-state index in [-0.39, 0.29) is 32.0 Å². The number of nitrogens with zero attached hydrogens (tertiary/aromatic N) is 1. The second-order valence-corrected chi connectivity index (χ2v) is 28.7. The Hall–Kier alpha value is -8.09. The number of unbranched alkanes of at least 4 members (excludes halogenated alkanes) is 1. The Kier molecular flexibility index (Phi) is 42.8. The topological polar surface area (TPSA) is 468 Å². The zero-order valence-corrected chi connectivity index (χ0v) is 61.6. The van der Waals surface area contributed by atoms with E-state index < -0.39 is 124 Å². The summed E-state index contributed by atoms with van der Waals surface area (Å²) in [7, 11) is 0. The third-order valence-corrected chi connectivity index (χ3v) is 11.4. The van der Waals surface area contributed by atoms with Gasteiger partial charge in [-0.3, -0.25) is 33.6 Å². The molecule has 0 spiro atoms. The number of rotatable bonds is 23. The lowest BCUT2D eigenvalue weighted by Gasteiger charge is -2.23. The number of phenols is 1. The highest BCUT2D eigenvalue weighted by Gasteiger charge is 2.28. The van der Waals surface area contributed by atoms with Crippen molar-refractivity contribution in [2.24, 2.45) is 34.4 Å². The minimum atomic E-state index is -1.00. The summed E-state index contributed by atoms with van der Waals surface area (Å²) in [5.74, 6) is -3.26. The molecule has 1 aromatic heterocycles. The minimum Gasteiger partial charge on any atom is -0.508 e. The van der Waals surface area contributed by atoms with Gasteiger partial charge in [0.1, 0.15) is 88.8 Å². The van der Waals surface area contributed by atoms with E-state index in [0.29, 0.717) is 25.8 Å². The highest BCUT2D eigenvalue weighted by Crippen LogP contribution is 2.16. The highest BCUT2D eigenvalue weighted by molar-refractivity contribution is 5.83. The Balaban J connectivity index is 0. The fourth-order valence-electron chi connectivity index (χ4n) is 6.85. The first-order valence-electron chi connectivity index (χ1n) is 32.4. The van der Waals surface area contributed by atoms with Crippen molar-refractivity contribution in [3.8, 4) is 5.75 Å². The number of hydrogen-bond donors (Lipinski definition) is 11. The Bertz CT molecular complexity index is 2950. The largest absolute Gasteiger partial charge is 0.508 e. The number of aliphatic hydroxyl groups is 2. The quantitative estimate of drug-likeness (QED) is 0.0216. The van der Waals surface area contributed by atoms with Crippen LogP contribution in [-0.2, 0) is 97.5 Å². The molecule has 99 heavy (non-hydrogen) atoms. The number of carbonyl (C=O) groups excluding carboxylic acids is 8. The van der Waals surface area contributed by atoms with Crippen LogP contribution in [-0.4, -0.2) is 162 Å². The first-order chi connectivity index (χ1) is 45.3. The number of esters is 7. The summed E-state index contributed by atoms with van der Waals surface area (Å²) in [5.41, 5.74) is 33.7. The number of amides is 1. The Morgan fingerprint density at radius 3 is 1.23 bits per heavy atom. The van der Waals surface area contributed by atoms with Gasteiger partial charge in [0.25, 0.3) is 0 Å². The maximum atomic E-state index is 11.7. The monoisotopic (exact) mass is 1400 g/mol. The molecule has 0 aliphatic heterocycles. The van der Waals surface area contributed by atoms with E-state index in [4.69, 9.17) is 87.6 Å². The number of aliphatic hydroxyl groups excluding tert-OH is 2. The number of aromatic hydroxyl groups is 1. The molecule has 4 rings (SSSR count). The van der Waals surface area contributed by atoms with E-state index in [2.05, 4.69) is 15.3 Å². The van der Waals surface area contributed by atoms with Gasteiger partial charge in [-0.15, -0.1) is 0 Å². The molecule has 560 valence electrons. The summed E-state index contributed by atoms with van der Waals surface area (Å²) in [4.78, 5) is 98.3. The van der Waals surface area contributed by atoms with Gasteiger partial charge in [0.2, 0.25) is 0 Å². The van der Waals surface area contributed by atoms with Crippen LogP contribution in [0.1, 0.15) is 180 Å². The molecule has 4 aromatic rings. The minimum absolute atomic E-state index is 0.167. The van der Waals surface area contributed by atoms with Crippen molar-refractivity contribution in [2.75, 3.05) is 13.2 Å². The van der Waals surface area contributed by atoms with Gasteiger partial charge in [-0.1, -0.05) is 72.8 Å². The van der Waals surface area contributed by atoms with Crippen LogP contribution in [0.5, 0.6) is 5.75 Å². The van der Waals surface area contributed by atoms with Crippen molar-refractivity contribution in [3.05, 3.63) is 120 Å². The Labute approximate surface area is 584 Å². The number of benzene rings is 3. The number of phenolic OH excluding ortho intramolecular Hbond substituents is 1. The molecule has 0 unspecified atom stereocenters. The van der Waals surface area contributed by atoms with E-state index in [0.717, 1.165) is 35.2 Å². The van der Waals surface area contributed by atoms with Crippen LogP contribution in [0.4, 0.5) is 4.79 Å². The Morgan fingerprint density at radius 2 is 0.848 bits per heavy atom. The lowest BCUT2D eigenvalue weighted by atomic mass is 10.1.